The van der Waals surface area contributed by atoms with E-state index < -0.39 is 13.0 Å². The maximum absolute atomic E-state index is 11.9. The Morgan fingerprint density at radius 3 is 2.74 bits per heavy atom. The predicted molar refractivity (Wildman–Crippen MR) is 68.4 cm³/mol. The van der Waals surface area contributed by atoms with Crippen LogP contribution >= 0.6 is 0 Å². The highest BCUT2D eigenvalue weighted by molar-refractivity contribution is 4.91. The molecular weight excluding hydrogens is 254 g/mol. The first kappa shape index (κ1) is 16.0. The second-order valence-electron chi connectivity index (χ2n) is 4.66. The fraction of sp³-hybridized carbons (Fsp3) is 0.833. The summed E-state index contributed by atoms with van der Waals surface area (Å²) < 4.78 is 30.6. The van der Waals surface area contributed by atoms with E-state index in [0.29, 0.717) is 19.4 Å². The molecule has 0 saturated heterocycles. The SMILES string of the molecule is CNC(CCOCC(F)F)Cc1ncnn1C(C)C. The molecule has 19 heavy (non-hydrogen) atoms. The van der Waals surface area contributed by atoms with Gasteiger partial charge in [0.05, 0.1) is 0 Å². The van der Waals surface area contributed by atoms with Gasteiger partial charge in [-0.25, -0.2) is 18.4 Å². The first-order valence-corrected chi connectivity index (χ1v) is 6.46. The van der Waals surface area contributed by atoms with Gasteiger partial charge in [0.25, 0.3) is 6.43 Å². The summed E-state index contributed by atoms with van der Waals surface area (Å²) in [5.74, 6) is 0.892. The van der Waals surface area contributed by atoms with Crippen LogP contribution in [0.3, 0.4) is 0 Å². The van der Waals surface area contributed by atoms with Crippen LogP contribution in [-0.2, 0) is 11.2 Å². The lowest BCUT2D eigenvalue weighted by Gasteiger charge is -2.17. The molecule has 1 heterocycles. The summed E-state index contributed by atoms with van der Waals surface area (Å²) in [6, 6.07) is 0.393. The lowest BCUT2D eigenvalue weighted by atomic mass is 10.1. The second kappa shape index (κ2) is 8.16. The summed E-state index contributed by atoms with van der Waals surface area (Å²) in [6.45, 7) is 3.89. The molecule has 1 aromatic heterocycles. The number of hydrogen-bond donors (Lipinski definition) is 1. The second-order valence-corrected chi connectivity index (χ2v) is 4.66. The fourth-order valence-electron chi connectivity index (χ4n) is 1.82. The summed E-state index contributed by atoms with van der Waals surface area (Å²) in [4.78, 5) is 4.23. The number of nitrogens with zero attached hydrogens (tertiary/aromatic N) is 3. The first-order chi connectivity index (χ1) is 9.04. The summed E-state index contributed by atoms with van der Waals surface area (Å²) >= 11 is 0. The standard InChI is InChI=1S/C12H22F2N4O/c1-9(2)18-12(16-8-17-18)6-10(15-3)4-5-19-7-11(13)14/h8-11,15H,4-7H2,1-3H3. The molecule has 5 nitrogen and oxygen atoms in total. The zero-order valence-electron chi connectivity index (χ0n) is 11.6. The van der Waals surface area contributed by atoms with E-state index >= 15 is 0 Å². The molecule has 1 atom stereocenters. The van der Waals surface area contributed by atoms with Gasteiger partial charge in [0.2, 0.25) is 0 Å². The van der Waals surface area contributed by atoms with Crippen molar-refractivity contribution in [3.05, 3.63) is 12.2 Å². The Morgan fingerprint density at radius 2 is 2.16 bits per heavy atom. The van der Waals surface area contributed by atoms with Crippen LogP contribution < -0.4 is 5.32 Å². The molecule has 0 fully saturated rings. The van der Waals surface area contributed by atoms with Crippen LogP contribution in [-0.4, -0.2) is 47.5 Å². The number of nitrogens with one attached hydrogen (secondary N) is 1. The van der Waals surface area contributed by atoms with Crippen molar-refractivity contribution in [3.63, 3.8) is 0 Å². The zero-order chi connectivity index (χ0) is 14.3. The Hall–Kier alpha value is -1.08. The third-order valence-corrected chi connectivity index (χ3v) is 2.83. The monoisotopic (exact) mass is 276 g/mol. The van der Waals surface area contributed by atoms with Crippen LogP contribution in [0.4, 0.5) is 8.78 Å². The van der Waals surface area contributed by atoms with Crippen molar-refractivity contribution in [1.29, 1.82) is 0 Å². The number of alkyl halides is 2. The van der Waals surface area contributed by atoms with Crippen molar-refractivity contribution in [3.8, 4) is 0 Å². The van der Waals surface area contributed by atoms with E-state index in [2.05, 4.69) is 15.4 Å². The number of aromatic nitrogens is 3. The van der Waals surface area contributed by atoms with Gasteiger partial charge in [0, 0.05) is 25.1 Å². The number of halogens is 2. The summed E-state index contributed by atoms with van der Waals surface area (Å²) in [5.41, 5.74) is 0. The maximum atomic E-state index is 11.9. The van der Waals surface area contributed by atoms with Gasteiger partial charge in [-0.2, -0.15) is 5.10 Å². The first-order valence-electron chi connectivity index (χ1n) is 6.46. The molecule has 0 radical (unpaired) electrons. The molecule has 0 aliphatic heterocycles. The van der Waals surface area contributed by atoms with Crippen LogP contribution in [0, 0.1) is 0 Å². The highest BCUT2D eigenvalue weighted by Gasteiger charge is 2.14. The number of rotatable bonds is 9. The van der Waals surface area contributed by atoms with Gasteiger partial charge in [-0.05, 0) is 27.3 Å². The lowest BCUT2D eigenvalue weighted by molar-refractivity contribution is 0.0145. The highest BCUT2D eigenvalue weighted by atomic mass is 19.3. The molecule has 0 bridgehead atoms. The van der Waals surface area contributed by atoms with E-state index in [1.165, 1.54) is 6.33 Å². The summed E-state index contributed by atoms with van der Waals surface area (Å²) in [5, 5.41) is 7.32. The molecule has 1 aromatic rings. The third-order valence-electron chi connectivity index (χ3n) is 2.83. The maximum Gasteiger partial charge on any atom is 0.261 e. The highest BCUT2D eigenvalue weighted by Crippen LogP contribution is 2.09. The number of ether oxygens (including phenoxy) is 1. The topological polar surface area (TPSA) is 52.0 Å². The normalized spacial score (nSPS) is 13.4. The Morgan fingerprint density at radius 1 is 1.42 bits per heavy atom. The largest absolute Gasteiger partial charge is 0.375 e. The lowest BCUT2D eigenvalue weighted by Crippen LogP contribution is -2.30. The molecular formula is C12H22F2N4O. The Bertz CT molecular complexity index is 357. The van der Waals surface area contributed by atoms with E-state index in [4.69, 9.17) is 4.74 Å². The van der Waals surface area contributed by atoms with Gasteiger partial charge in [-0.3, -0.25) is 0 Å². The Labute approximate surface area is 112 Å². The van der Waals surface area contributed by atoms with Gasteiger partial charge in [0.1, 0.15) is 18.8 Å². The van der Waals surface area contributed by atoms with Crippen LogP contribution in [0.25, 0.3) is 0 Å². The van der Waals surface area contributed by atoms with Gasteiger partial charge >= 0.3 is 0 Å². The van der Waals surface area contributed by atoms with Crippen LogP contribution in [0.15, 0.2) is 6.33 Å². The number of likely N-dealkylation sites (N-methyl/N-ethyl adjacent to an activating group) is 1. The van der Waals surface area contributed by atoms with Crippen molar-refractivity contribution < 1.29 is 13.5 Å². The van der Waals surface area contributed by atoms with Crippen molar-refractivity contribution in [2.75, 3.05) is 20.3 Å². The molecule has 1 unspecified atom stereocenters. The summed E-state index contributed by atoms with van der Waals surface area (Å²) in [6.07, 6.45) is 0.494. The quantitative estimate of drug-likeness (QED) is 0.697. The van der Waals surface area contributed by atoms with Crippen LogP contribution in [0.5, 0.6) is 0 Å². The van der Waals surface area contributed by atoms with Crippen LogP contribution in [0.1, 0.15) is 32.1 Å². The van der Waals surface area contributed by atoms with Gasteiger partial charge in [0.15, 0.2) is 0 Å². The minimum absolute atomic E-state index is 0.138. The molecule has 0 aromatic carbocycles. The molecule has 0 spiro atoms. The van der Waals surface area contributed by atoms with E-state index in [0.717, 1.165) is 5.82 Å². The Balaban J connectivity index is 2.41. The fourth-order valence-corrected chi connectivity index (χ4v) is 1.82. The minimum Gasteiger partial charge on any atom is -0.375 e. The van der Waals surface area contributed by atoms with Crippen molar-refractivity contribution in [1.82, 2.24) is 20.1 Å². The summed E-state index contributed by atoms with van der Waals surface area (Å²) in [7, 11) is 1.84. The minimum atomic E-state index is -2.41. The van der Waals surface area contributed by atoms with E-state index in [9.17, 15) is 8.78 Å². The van der Waals surface area contributed by atoms with E-state index in [1.807, 2.05) is 25.6 Å². The average molecular weight is 276 g/mol. The van der Waals surface area contributed by atoms with E-state index in [1.54, 1.807) is 0 Å². The third kappa shape index (κ3) is 5.61. The van der Waals surface area contributed by atoms with Crippen molar-refractivity contribution >= 4 is 0 Å². The molecule has 1 rings (SSSR count). The molecule has 1 N–H and O–H groups in total. The molecule has 0 saturated carbocycles. The molecule has 7 heteroatoms. The van der Waals surface area contributed by atoms with Crippen molar-refractivity contribution in [2.24, 2.45) is 0 Å². The Kier molecular flexibility index (Phi) is 6.86. The smallest absolute Gasteiger partial charge is 0.261 e. The molecule has 0 aliphatic carbocycles. The van der Waals surface area contributed by atoms with Crippen molar-refractivity contribution in [2.45, 2.75) is 45.2 Å². The van der Waals surface area contributed by atoms with E-state index in [-0.39, 0.29) is 12.1 Å². The predicted octanol–water partition coefficient (Wildman–Crippen LogP) is 1.66. The average Bonchev–Trinajstić information content (AvgIpc) is 2.80. The molecule has 0 aliphatic rings. The van der Waals surface area contributed by atoms with Gasteiger partial charge < -0.3 is 10.1 Å². The van der Waals surface area contributed by atoms with Gasteiger partial charge in [-0.1, -0.05) is 0 Å². The molecule has 0 amide bonds. The van der Waals surface area contributed by atoms with Crippen LogP contribution in [0.2, 0.25) is 0 Å². The van der Waals surface area contributed by atoms with Gasteiger partial charge in [-0.15, -0.1) is 0 Å². The zero-order valence-corrected chi connectivity index (χ0v) is 11.6. The molecule has 110 valence electrons. The number of hydrogen-bond acceptors (Lipinski definition) is 4.